The highest BCUT2D eigenvalue weighted by Crippen LogP contribution is 2.17. The Morgan fingerprint density at radius 3 is 2.33 bits per heavy atom. The second-order valence-electron chi connectivity index (χ2n) is 4.11. The summed E-state index contributed by atoms with van der Waals surface area (Å²) in [6.45, 7) is 1.42. The molecule has 1 N–H and O–H groups in total. The van der Waals surface area contributed by atoms with Gasteiger partial charge in [0.05, 0.1) is 5.56 Å². The number of hydrogen-bond donors (Lipinski definition) is 1. The third-order valence-electron chi connectivity index (χ3n) is 2.59. The van der Waals surface area contributed by atoms with E-state index in [1.54, 1.807) is 0 Å². The van der Waals surface area contributed by atoms with Gasteiger partial charge in [0, 0.05) is 12.8 Å². The molecule has 1 rings (SSSR count). The van der Waals surface area contributed by atoms with Crippen LogP contribution in [0.1, 0.15) is 41.6 Å². The second-order valence-corrected chi connectivity index (χ2v) is 4.11. The third-order valence-corrected chi connectivity index (χ3v) is 2.59. The number of hydrogen-bond acceptors (Lipinski definition) is 2. The van der Waals surface area contributed by atoms with E-state index in [9.17, 15) is 18.4 Å². The minimum atomic E-state index is -0.935. The summed E-state index contributed by atoms with van der Waals surface area (Å²) in [5.74, 6) is -2.80. The van der Waals surface area contributed by atoms with Gasteiger partial charge in [-0.3, -0.25) is 9.59 Å². The van der Waals surface area contributed by atoms with Crippen molar-refractivity contribution in [2.75, 3.05) is 0 Å². The normalized spacial score (nSPS) is 10.4. The van der Waals surface area contributed by atoms with E-state index in [0.717, 1.165) is 12.1 Å². The van der Waals surface area contributed by atoms with Crippen molar-refractivity contribution in [2.24, 2.45) is 0 Å². The number of aryl methyl sites for hydroxylation is 1. The molecule has 0 aliphatic rings. The fraction of sp³-hybridized carbons (Fsp3) is 0.385. The van der Waals surface area contributed by atoms with Crippen LogP contribution in [0.3, 0.4) is 0 Å². The van der Waals surface area contributed by atoms with Gasteiger partial charge in [-0.15, -0.1) is 0 Å². The molecule has 0 heterocycles. The van der Waals surface area contributed by atoms with Crippen LogP contribution in [0.2, 0.25) is 0 Å². The van der Waals surface area contributed by atoms with Crippen LogP contribution in [-0.2, 0) is 4.79 Å². The number of carbonyl (C=O) groups excluding carboxylic acids is 1. The molecule has 3 nitrogen and oxygen atoms in total. The Labute approximate surface area is 103 Å². The van der Waals surface area contributed by atoms with E-state index >= 15 is 0 Å². The minimum absolute atomic E-state index is 0.0205. The summed E-state index contributed by atoms with van der Waals surface area (Å²) in [7, 11) is 0. The molecular weight excluding hydrogens is 242 g/mol. The van der Waals surface area contributed by atoms with E-state index < -0.39 is 23.4 Å². The molecule has 0 amide bonds. The molecule has 0 saturated heterocycles. The number of unbranched alkanes of at least 4 members (excludes halogenated alkanes) is 1. The molecular formula is C13H14F2O3. The lowest BCUT2D eigenvalue weighted by Gasteiger charge is -2.04. The van der Waals surface area contributed by atoms with Gasteiger partial charge in [0.25, 0.3) is 0 Å². The van der Waals surface area contributed by atoms with Gasteiger partial charge in [-0.25, -0.2) is 8.78 Å². The number of Topliss-reactive ketones (excluding diaryl/α,β-unsaturated/α-hetero) is 1. The number of carboxylic acids is 1. The fourth-order valence-corrected chi connectivity index (χ4v) is 1.56. The highest BCUT2D eigenvalue weighted by molar-refractivity contribution is 5.96. The van der Waals surface area contributed by atoms with Crippen molar-refractivity contribution in [3.63, 3.8) is 0 Å². The number of aliphatic carboxylic acids is 1. The van der Waals surface area contributed by atoms with Crippen LogP contribution in [-0.4, -0.2) is 16.9 Å². The summed E-state index contributed by atoms with van der Waals surface area (Å²) in [5.41, 5.74) is -0.122. The van der Waals surface area contributed by atoms with Gasteiger partial charge in [0.1, 0.15) is 11.6 Å². The molecule has 0 unspecified atom stereocenters. The standard InChI is InChI=1S/C13H14F2O3/c1-8-6-11(15)9(7-10(8)14)12(16)4-2-3-5-13(17)18/h6-7H,2-5H2,1H3,(H,17,18). The molecule has 1 aromatic carbocycles. The van der Waals surface area contributed by atoms with E-state index in [4.69, 9.17) is 5.11 Å². The van der Waals surface area contributed by atoms with Crippen LogP contribution >= 0.6 is 0 Å². The summed E-state index contributed by atoms with van der Waals surface area (Å²) >= 11 is 0. The highest BCUT2D eigenvalue weighted by Gasteiger charge is 2.14. The molecule has 0 radical (unpaired) electrons. The number of rotatable bonds is 6. The Hall–Kier alpha value is -1.78. The van der Waals surface area contributed by atoms with Gasteiger partial charge in [-0.05, 0) is 37.5 Å². The monoisotopic (exact) mass is 256 g/mol. The second kappa shape index (κ2) is 6.23. The van der Waals surface area contributed by atoms with E-state index in [0.29, 0.717) is 12.8 Å². The number of ketones is 1. The molecule has 0 aliphatic heterocycles. The van der Waals surface area contributed by atoms with Gasteiger partial charge >= 0.3 is 5.97 Å². The molecule has 0 fully saturated rings. The topological polar surface area (TPSA) is 54.4 Å². The van der Waals surface area contributed by atoms with Crippen molar-refractivity contribution < 1.29 is 23.5 Å². The summed E-state index contributed by atoms with van der Waals surface area (Å²) in [6.07, 6.45) is 0.682. The Balaban J connectivity index is 2.62. The first-order chi connectivity index (χ1) is 8.41. The first-order valence-electron chi connectivity index (χ1n) is 5.62. The Kier molecular flexibility index (Phi) is 4.95. The largest absolute Gasteiger partial charge is 0.481 e. The minimum Gasteiger partial charge on any atom is -0.481 e. The lowest BCUT2D eigenvalue weighted by molar-refractivity contribution is -0.137. The van der Waals surface area contributed by atoms with Gasteiger partial charge in [-0.2, -0.15) is 0 Å². The smallest absolute Gasteiger partial charge is 0.303 e. The predicted octanol–water partition coefficient (Wildman–Crippen LogP) is 3.10. The molecule has 98 valence electrons. The zero-order valence-electron chi connectivity index (χ0n) is 10.0. The number of carbonyl (C=O) groups is 2. The maximum atomic E-state index is 13.4. The van der Waals surface area contributed by atoms with E-state index in [1.807, 2.05) is 0 Å². The molecule has 0 saturated carbocycles. The van der Waals surface area contributed by atoms with Crippen molar-refractivity contribution in [1.29, 1.82) is 0 Å². The fourth-order valence-electron chi connectivity index (χ4n) is 1.56. The SMILES string of the molecule is Cc1cc(F)c(C(=O)CCCCC(=O)O)cc1F. The summed E-state index contributed by atoms with van der Waals surface area (Å²) in [4.78, 5) is 21.9. The van der Waals surface area contributed by atoms with E-state index in [-0.39, 0.29) is 24.0 Å². The molecule has 0 bridgehead atoms. The maximum absolute atomic E-state index is 13.4. The first-order valence-corrected chi connectivity index (χ1v) is 5.62. The highest BCUT2D eigenvalue weighted by atomic mass is 19.1. The van der Waals surface area contributed by atoms with Crippen LogP contribution in [0.25, 0.3) is 0 Å². The molecule has 1 aromatic rings. The van der Waals surface area contributed by atoms with Crippen molar-refractivity contribution >= 4 is 11.8 Å². The van der Waals surface area contributed by atoms with Gasteiger partial charge < -0.3 is 5.11 Å². The Morgan fingerprint density at radius 1 is 1.11 bits per heavy atom. The molecule has 0 aliphatic carbocycles. The van der Waals surface area contributed by atoms with E-state index in [1.165, 1.54) is 6.92 Å². The van der Waals surface area contributed by atoms with Crippen LogP contribution in [0.15, 0.2) is 12.1 Å². The van der Waals surface area contributed by atoms with Crippen molar-refractivity contribution in [2.45, 2.75) is 32.6 Å². The first kappa shape index (κ1) is 14.3. The third kappa shape index (κ3) is 3.91. The predicted molar refractivity (Wildman–Crippen MR) is 61.5 cm³/mol. The Morgan fingerprint density at radius 2 is 1.72 bits per heavy atom. The van der Waals surface area contributed by atoms with E-state index in [2.05, 4.69) is 0 Å². The maximum Gasteiger partial charge on any atom is 0.303 e. The van der Waals surface area contributed by atoms with Crippen molar-refractivity contribution in [3.05, 3.63) is 34.9 Å². The average molecular weight is 256 g/mol. The lowest BCUT2D eigenvalue weighted by atomic mass is 10.0. The van der Waals surface area contributed by atoms with Crippen LogP contribution < -0.4 is 0 Å². The van der Waals surface area contributed by atoms with Crippen LogP contribution in [0.5, 0.6) is 0 Å². The van der Waals surface area contributed by atoms with Crippen molar-refractivity contribution in [3.8, 4) is 0 Å². The lowest BCUT2D eigenvalue weighted by Crippen LogP contribution is -2.05. The zero-order chi connectivity index (χ0) is 13.7. The van der Waals surface area contributed by atoms with Crippen molar-refractivity contribution in [1.82, 2.24) is 0 Å². The molecule has 0 aromatic heterocycles. The number of halogens is 2. The van der Waals surface area contributed by atoms with Crippen LogP contribution in [0, 0.1) is 18.6 Å². The molecule has 18 heavy (non-hydrogen) atoms. The number of benzene rings is 1. The van der Waals surface area contributed by atoms with Gasteiger partial charge in [-0.1, -0.05) is 0 Å². The summed E-state index contributed by atoms with van der Waals surface area (Å²) < 4.78 is 26.7. The average Bonchev–Trinajstić information content (AvgIpc) is 2.28. The quantitative estimate of drug-likeness (QED) is 0.628. The molecule has 5 heteroatoms. The van der Waals surface area contributed by atoms with Gasteiger partial charge in [0.2, 0.25) is 0 Å². The number of carboxylic acid groups (broad SMARTS) is 1. The van der Waals surface area contributed by atoms with Crippen LogP contribution in [0.4, 0.5) is 8.78 Å². The van der Waals surface area contributed by atoms with Gasteiger partial charge in [0.15, 0.2) is 5.78 Å². The summed E-state index contributed by atoms with van der Waals surface area (Å²) in [5, 5.41) is 8.41. The Bertz CT molecular complexity index is 470. The summed E-state index contributed by atoms with van der Waals surface area (Å²) in [6, 6.07) is 1.88. The zero-order valence-corrected chi connectivity index (χ0v) is 10.0. The molecule has 0 atom stereocenters. The molecule has 0 spiro atoms.